The molecule has 0 bridgehead atoms. The zero-order valence-corrected chi connectivity index (χ0v) is 12.8. The molecule has 2 aliphatic rings. The van der Waals surface area contributed by atoms with Crippen molar-refractivity contribution in [3.05, 3.63) is 29.3 Å². The molecule has 1 aliphatic carbocycles. The highest BCUT2D eigenvalue weighted by atomic mass is 16.3. The van der Waals surface area contributed by atoms with Gasteiger partial charge in [-0.25, -0.2) is 0 Å². The number of carbonyl (C=O) groups is 1. The van der Waals surface area contributed by atoms with Crippen molar-refractivity contribution in [2.45, 2.75) is 45.6 Å². The highest BCUT2D eigenvalue weighted by Gasteiger charge is 2.31. The fraction of sp³-hybridized carbons (Fsp3) is 0.611. The van der Waals surface area contributed by atoms with Crippen LogP contribution in [-0.2, 0) is 6.54 Å². The molecule has 1 saturated carbocycles. The molecule has 0 amide bonds. The van der Waals surface area contributed by atoms with E-state index >= 15 is 0 Å². The minimum Gasteiger partial charge on any atom is -0.508 e. The standard InChI is InChI=1S/C18H25NO2/c1-13(20)15-6-7-18(21)17(10-15)12-19-9-8-14-4-2-3-5-16(14)11-19/h6-7,10,14,16,21H,2-5,8-9,11-12H2,1H3. The van der Waals surface area contributed by atoms with E-state index in [0.717, 1.165) is 37.0 Å². The second-order valence-electron chi connectivity index (χ2n) is 6.73. The number of phenols is 1. The van der Waals surface area contributed by atoms with Crippen LogP contribution in [0.4, 0.5) is 0 Å². The van der Waals surface area contributed by atoms with Crippen LogP contribution in [0.25, 0.3) is 0 Å². The molecule has 3 nitrogen and oxygen atoms in total. The largest absolute Gasteiger partial charge is 0.508 e. The minimum atomic E-state index is 0.0576. The van der Waals surface area contributed by atoms with Crippen LogP contribution in [0.15, 0.2) is 18.2 Å². The lowest BCUT2D eigenvalue weighted by atomic mass is 9.75. The van der Waals surface area contributed by atoms with Gasteiger partial charge in [0.15, 0.2) is 5.78 Å². The number of hydrogen-bond acceptors (Lipinski definition) is 3. The van der Waals surface area contributed by atoms with E-state index in [4.69, 9.17) is 0 Å². The number of benzene rings is 1. The summed E-state index contributed by atoms with van der Waals surface area (Å²) in [6.45, 7) is 4.60. The fourth-order valence-corrected chi connectivity index (χ4v) is 3.99. The number of Topliss-reactive ketones (excluding diaryl/α,β-unsaturated/α-hetero) is 1. The van der Waals surface area contributed by atoms with E-state index in [1.54, 1.807) is 19.1 Å². The number of ketones is 1. The zero-order valence-electron chi connectivity index (χ0n) is 12.8. The van der Waals surface area contributed by atoms with E-state index in [2.05, 4.69) is 4.90 Å². The number of phenolic OH excluding ortho intramolecular Hbond substituents is 1. The third kappa shape index (κ3) is 3.29. The van der Waals surface area contributed by atoms with Crippen LogP contribution >= 0.6 is 0 Å². The summed E-state index contributed by atoms with van der Waals surface area (Å²) in [6.07, 6.45) is 6.84. The first-order valence-corrected chi connectivity index (χ1v) is 8.18. The van der Waals surface area contributed by atoms with Gasteiger partial charge in [0.2, 0.25) is 0 Å². The average Bonchev–Trinajstić information content (AvgIpc) is 2.49. The SMILES string of the molecule is CC(=O)c1ccc(O)c(CN2CCC3CCCCC3C2)c1. The van der Waals surface area contributed by atoms with Crippen molar-refractivity contribution in [1.29, 1.82) is 0 Å². The Kier molecular flexibility index (Phi) is 4.29. The topological polar surface area (TPSA) is 40.5 Å². The Labute approximate surface area is 127 Å². The van der Waals surface area contributed by atoms with E-state index in [1.165, 1.54) is 32.1 Å². The second-order valence-corrected chi connectivity index (χ2v) is 6.73. The Bertz CT molecular complexity index is 526. The molecule has 0 aromatic heterocycles. The summed E-state index contributed by atoms with van der Waals surface area (Å²) in [7, 11) is 0. The number of piperidine rings is 1. The van der Waals surface area contributed by atoms with Gasteiger partial charge < -0.3 is 5.11 Å². The molecule has 2 unspecified atom stereocenters. The molecule has 21 heavy (non-hydrogen) atoms. The summed E-state index contributed by atoms with van der Waals surface area (Å²) in [4.78, 5) is 13.9. The molecule has 0 spiro atoms. The van der Waals surface area contributed by atoms with Crippen LogP contribution in [0, 0.1) is 11.8 Å². The third-order valence-corrected chi connectivity index (χ3v) is 5.26. The molecule has 3 rings (SSSR count). The zero-order chi connectivity index (χ0) is 14.8. The predicted octanol–water partition coefficient (Wildman–Crippen LogP) is 3.61. The molecule has 1 N–H and O–H groups in total. The van der Waals surface area contributed by atoms with Crippen LogP contribution in [-0.4, -0.2) is 28.9 Å². The van der Waals surface area contributed by atoms with Gasteiger partial charge in [0.25, 0.3) is 0 Å². The molecule has 3 heteroatoms. The van der Waals surface area contributed by atoms with Crippen molar-refractivity contribution in [2.24, 2.45) is 11.8 Å². The first-order chi connectivity index (χ1) is 10.1. The van der Waals surface area contributed by atoms with E-state index in [-0.39, 0.29) is 5.78 Å². The van der Waals surface area contributed by atoms with E-state index in [0.29, 0.717) is 11.3 Å². The van der Waals surface area contributed by atoms with Crippen LogP contribution in [0.5, 0.6) is 5.75 Å². The molecule has 1 saturated heterocycles. The van der Waals surface area contributed by atoms with Crippen LogP contribution in [0.1, 0.15) is 54.9 Å². The van der Waals surface area contributed by atoms with Gasteiger partial charge in [-0.05, 0) is 56.3 Å². The highest BCUT2D eigenvalue weighted by Crippen LogP contribution is 2.36. The lowest BCUT2D eigenvalue weighted by molar-refractivity contribution is 0.0815. The number of fused-ring (bicyclic) bond motifs is 1. The summed E-state index contributed by atoms with van der Waals surface area (Å²) < 4.78 is 0. The summed E-state index contributed by atoms with van der Waals surface area (Å²) in [5, 5.41) is 10.0. The van der Waals surface area contributed by atoms with Gasteiger partial charge in [-0.3, -0.25) is 9.69 Å². The van der Waals surface area contributed by atoms with Crippen molar-refractivity contribution in [3.63, 3.8) is 0 Å². The molecule has 2 atom stereocenters. The maximum Gasteiger partial charge on any atom is 0.159 e. The maximum absolute atomic E-state index is 11.5. The van der Waals surface area contributed by atoms with Crippen LogP contribution in [0.3, 0.4) is 0 Å². The number of carbonyl (C=O) groups excluding carboxylic acids is 1. The maximum atomic E-state index is 11.5. The van der Waals surface area contributed by atoms with Crippen molar-refractivity contribution in [3.8, 4) is 5.75 Å². The molecule has 114 valence electrons. The Morgan fingerprint density at radius 2 is 2.00 bits per heavy atom. The first-order valence-electron chi connectivity index (χ1n) is 8.18. The van der Waals surface area contributed by atoms with Gasteiger partial charge in [-0.1, -0.05) is 19.3 Å². The molecule has 0 radical (unpaired) electrons. The number of nitrogens with zero attached hydrogens (tertiary/aromatic N) is 1. The molecule has 1 heterocycles. The number of likely N-dealkylation sites (tertiary alicyclic amines) is 1. The van der Waals surface area contributed by atoms with Crippen molar-refractivity contribution in [1.82, 2.24) is 4.90 Å². The van der Waals surface area contributed by atoms with Crippen molar-refractivity contribution in [2.75, 3.05) is 13.1 Å². The van der Waals surface area contributed by atoms with Crippen LogP contribution < -0.4 is 0 Å². The van der Waals surface area contributed by atoms with Gasteiger partial charge in [0.05, 0.1) is 0 Å². The Hall–Kier alpha value is -1.35. The lowest BCUT2D eigenvalue weighted by Crippen LogP contribution is -2.41. The monoisotopic (exact) mass is 287 g/mol. The summed E-state index contributed by atoms with van der Waals surface area (Å²) in [5.74, 6) is 2.13. The molecular formula is C18H25NO2. The molecular weight excluding hydrogens is 262 g/mol. The Morgan fingerprint density at radius 3 is 2.76 bits per heavy atom. The fourth-order valence-electron chi connectivity index (χ4n) is 3.99. The highest BCUT2D eigenvalue weighted by molar-refractivity contribution is 5.94. The van der Waals surface area contributed by atoms with E-state index in [1.807, 2.05) is 6.07 Å². The summed E-state index contributed by atoms with van der Waals surface area (Å²) in [6, 6.07) is 5.21. The van der Waals surface area contributed by atoms with Crippen molar-refractivity contribution >= 4 is 5.78 Å². The summed E-state index contributed by atoms with van der Waals surface area (Å²) in [5.41, 5.74) is 1.58. The summed E-state index contributed by atoms with van der Waals surface area (Å²) >= 11 is 0. The normalized spacial score (nSPS) is 26.3. The van der Waals surface area contributed by atoms with Gasteiger partial charge in [0, 0.05) is 24.2 Å². The molecule has 1 aromatic carbocycles. The van der Waals surface area contributed by atoms with Crippen molar-refractivity contribution < 1.29 is 9.90 Å². The van der Waals surface area contributed by atoms with Gasteiger partial charge in [-0.15, -0.1) is 0 Å². The molecule has 1 aliphatic heterocycles. The Balaban J connectivity index is 1.69. The number of aromatic hydroxyl groups is 1. The van der Waals surface area contributed by atoms with Gasteiger partial charge >= 0.3 is 0 Å². The number of rotatable bonds is 3. The van der Waals surface area contributed by atoms with Gasteiger partial charge in [0.1, 0.15) is 5.75 Å². The first kappa shape index (κ1) is 14.6. The molecule has 1 aromatic rings. The van der Waals surface area contributed by atoms with Gasteiger partial charge in [-0.2, -0.15) is 0 Å². The molecule has 2 fully saturated rings. The third-order valence-electron chi connectivity index (χ3n) is 5.26. The van der Waals surface area contributed by atoms with E-state index in [9.17, 15) is 9.90 Å². The number of hydrogen-bond donors (Lipinski definition) is 1. The smallest absolute Gasteiger partial charge is 0.159 e. The lowest BCUT2D eigenvalue weighted by Gasteiger charge is -2.41. The Morgan fingerprint density at radius 1 is 1.24 bits per heavy atom. The average molecular weight is 287 g/mol. The predicted molar refractivity (Wildman–Crippen MR) is 83.5 cm³/mol. The minimum absolute atomic E-state index is 0.0576. The quantitative estimate of drug-likeness (QED) is 0.863. The van der Waals surface area contributed by atoms with Crippen LogP contribution in [0.2, 0.25) is 0 Å². The second kappa shape index (κ2) is 6.18. The van der Waals surface area contributed by atoms with E-state index < -0.39 is 0 Å².